The number of methoxy groups -OCH3 is 1. The van der Waals surface area contributed by atoms with Crippen LogP contribution in [0.25, 0.3) is 10.4 Å². The molecule has 0 aliphatic rings. The molecule has 1 heterocycles. The zero-order chi connectivity index (χ0) is 23.6. The number of thiophene rings is 1. The summed E-state index contributed by atoms with van der Waals surface area (Å²) in [4.78, 5) is 13.4. The van der Waals surface area contributed by atoms with Crippen molar-refractivity contribution >= 4 is 29.2 Å². The van der Waals surface area contributed by atoms with E-state index in [1.807, 2.05) is 30.3 Å². The van der Waals surface area contributed by atoms with Crippen molar-refractivity contribution in [3.05, 3.63) is 84.2 Å². The fourth-order valence-corrected chi connectivity index (χ4v) is 4.92. The molecule has 174 valence electrons. The molecule has 33 heavy (non-hydrogen) atoms. The Kier molecular flexibility index (Phi) is 9.16. The highest BCUT2D eigenvalue weighted by Crippen LogP contribution is 2.32. The number of hydrogen-bond acceptors (Lipinski definition) is 9. The van der Waals surface area contributed by atoms with Gasteiger partial charge in [0, 0.05) is 29.7 Å². The summed E-state index contributed by atoms with van der Waals surface area (Å²) in [6.07, 6.45) is 1.76. The van der Waals surface area contributed by atoms with Crippen LogP contribution in [0.3, 0.4) is 0 Å². The molecule has 2 aromatic carbocycles. The summed E-state index contributed by atoms with van der Waals surface area (Å²) in [6.45, 7) is 0.354. The van der Waals surface area contributed by atoms with Crippen molar-refractivity contribution in [1.29, 1.82) is 0 Å². The van der Waals surface area contributed by atoms with E-state index >= 15 is 0 Å². The molecule has 0 radical (unpaired) electrons. The van der Waals surface area contributed by atoms with Crippen molar-refractivity contribution in [2.24, 2.45) is 11.6 Å². The van der Waals surface area contributed by atoms with Gasteiger partial charge in [-0.15, -0.1) is 11.3 Å². The summed E-state index contributed by atoms with van der Waals surface area (Å²) in [5, 5.41) is 10.3. The van der Waals surface area contributed by atoms with Crippen LogP contribution in [0, 0.1) is 0 Å². The first-order chi connectivity index (χ1) is 16.0. The summed E-state index contributed by atoms with van der Waals surface area (Å²) < 4.78 is 9.45. The maximum atomic E-state index is 12.2. The number of carbonyl (C=O) groups excluding carboxylic acids is 1. The minimum absolute atomic E-state index is 0.274. The van der Waals surface area contributed by atoms with E-state index in [-0.39, 0.29) is 6.42 Å². The van der Waals surface area contributed by atoms with Crippen LogP contribution in [0.2, 0.25) is 0 Å². The largest absolute Gasteiger partial charge is 0.497 e. The summed E-state index contributed by atoms with van der Waals surface area (Å²) >= 11 is 3.16. The fraction of sp³-hybridized carbons (Fsp3) is 0.174. The highest BCUT2D eigenvalue weighted by Gasteiger charge is 2.23. The van der Waals surface area contributed by atoms with Gasteiger partial charge in [0.1, 0.15) is 11.8 Å². The molecule has 10 heteroatoms. The number of nitrogens with one attached hydrogen (secondary N) is 2. The fourth-order valence-electron chi connectivity index (χ4n) is 3.04. The predicted molar refractivity (Wildman–Crippen MR) is 132 cm³/mol. The van der Waals surface area contributed by atoms with Crippen molar-refractivity contribution in [1.82, 2.24) is 15.2 Å². The van der Waals surface area contributed by atoms with Crippen LogP contribution in [0.5, 0.6) is 5.75 Å². The summed E-state index contributed by atoms with van der Waals surface area (Å²) in [5.74, 6) is 6.17. The molecule has 1 amide bonds. The van der Waals surface area contributed by atoms with Gasteiger partial charge in [0.05, 0.1) is 11.3 Å². The van der Waals surface area contributed by atoms with Crippen molar-refractivity contribution < 1.29 is 14.7 Å². The zero-order valence-corrected chi connectivity index (χ0v) is 19.7. The molecule has 0 aliphatic carbocycles. The van der Waals surface area contributed by atoms with Crippen molar-refractivity contribution in [2.45, 2.75) is 16.7 Å². The molecule has 1 aromatic heterocycles. The lowest BCUT2D eigenvalue weighted by molar-refractivity contribution is -0.134. The minimum atomic E-state index is -0.847. The Labute approximate surface area is 201 Å². The van der Waals surface area contributed by atoms with Gasteiger partial charge in [-0.1, -0.05) is 42.5 Å². The number of nitrogens with zero attached hydrogens (tertiary/aromatic N) is 1. The van der Waals surface area contributed by atoms with Crippen LogP contribution < -0.4 is 26.5 Å². The zero-order valence-electron chi connectivity index (χ0n) is 18.1. The van der Waals surface area contributed by atoms with Gasteiger partial charge in [0.25, 0.3) is 5.91 Å². The molecule has 0 fully saturated rings. The molecule has 7 N–H and O–H groups in total. The maximum Gasteiger partial charge on any atom is 0.267 e. The summed E-state index contributed by atoms with van der Waals surface area (Å²) in [5.41, 5.74) is 10.2. The maximum absolute atomic E-state index is 12.2. The second kappa shape index (κ2) is 12.3. The van der Waals surface area contributed by atoms with Gasteiger partial charge >= 0.3 is 0 Å². The van der Waals surface area contributed by atoms with E-state index in [1.165, 1.54) is 33.6 Å². The topological polar surface area (TPSA) is 126 Å². The SMILES string of the molecule is COc1ccc(C[C@@H](C(=O)NO)N(N)/C=C(\N)CNSc2ccc(-c3ccccc3)s2)cc1. The van der Waals surface area contributed by atoms with Gasteiger partial charge in [-0.05, 0) is 47.3 Å². The molecule has 3 rings (SSSR count). The number of rotatable bonds is 11. The summed E-state index contributed by atoms with van der Waals surface area (Å²) in [7, 11) is 1.58. The van der Waals surface area contributed by atoms with Gasteiger partial charge in [-0.3, -0.25) is 14.7 Å². The van der Waals surface area contributed by atoms with Gasteiger partial charge in [-0.2, -0.15) is 0 Å². The second-order valence-electron chi connectivity index (χ2n) is 7.10. The summed E-state index contributed by atoms with van der Waals surface area (Å²) in [6, 6.07) is 20.7. The molecule has 0 aliphatic heterocycles. The molecular formula is C23H27N5O3S2. The molecule has 3 aromatic rings. The van der Waals surface area contributed by atoms with E-state index in [2.05, 4.69) is 29.0 Å². The number of hydrogen-bond donors (Lipinski definition) is 5. The lowest BCUT2D eigenvalue weighted by Gasteiger charge is -2.25. The Hall–Kier alpha value is -3.02. The smallest absolute Gasteiger partial charge is 0.267 e. The Bertz CT molecular complexity index is 1060. The minimum Gasteiger partial charge on any atom is -0.497 e. The number of nitrogens with two attached hydrogens (primary N) is 2. The lowest BCUT2D eigenvalue weighted by atomic mass is 10.0. The van der Waals surface area contributed by atoms with Crippen LogP contribution in [0.1, 0.15) is 5.56 Å². The number of amides is 1. The Morgan fingerprint density at radius 2 is 1.91 bits per heavy atom. The van der Waals surface area contributed by atoms with Crippen molar-refractivity contribution in [3.63, 3.8) is 0 Å². The third-order valence-electron chi connectivity index (χ3n) is 4.76. The number of ether oxygens (including phenoxy) is 1. The van der Waals surface area contributed by atoms with E-state index in [9.17, 15) is 4.79 Å². The van der Waals surface area contributed by atoms with Crippen LogP contribution in [-0.4, -0.2) is 35.8 Å². The molecule has 0 saturated carbocycles. The monoisotopic (exact) mass is 485 g/mol. The average molecular weight is 486 g/mol. The predicted octanol–water partition coefficient (Wildman–Crippen LogP) is 3.11. The molecule has 8 nitrogen and oxygen atoms in total. The quantitative estimate of drug-likeness (QED) is 0.121. The van der Waals surface area contributed by atoms with E-state index in [1.54, 1.807) is 36.1 Å². The first-order valence-corrected chi connectivity index (χ1v) is 11.7. The first-order valence-electron chi connectivity index (χ1n) is 10.1. The number of hydrazine groups is 1. The van der Waals surface area contributed by atoms with Gasteiger partial charge in [-0.25, -0.2) is 11.3 Å². The number of carbonyl (C=O) groups is 1. The van der Waals surface area contributed by atoms with Gasteiger partial charge < -0.3 is 15.5 Å². The molecule has 0 saturated heterocycles. The molecule has 0 bridgehead atoms. The Morgan fingerprint density at radius 1 is 1.18 bits per heavy atom. The molecule has 0 spiro atoms. The molecule has 1 atom stereocenters. The highest BCUT2D eigenvalue weighted by molar-refractivity contribution is 7.99. The number of hydroxylamine groups is 1. The Balaban J connectivity index is 1.55. The number of benzene rings is 2. The van der Waals surface area contributed by atoms with Crippen LogP contribution in [0.15, 0.2) is 82.8 Å². The van der Waals surface area contributed by atoms with Gasteiger partial charge in [0.15, 0.2) is 0 Å². The van der Waals surface area contributed by atoms with Crippen molar-refractivity contribution in [3.8, 4) is 16.2 Å². The normalized spacial score (nSPS) is 12.3. The third kappa shape index (κ3) is 7.24. The molecular weight excluding hydrogens is 458 g/mol. The molecule has 0 unspecified atom stereocenters. The highest BCUT2D eigenvalue weighted by atomic mass is 32.2. The van der Waals surface area contributed by atoms with E-state index in [4.69, 9.17) is 21.5 Å². The van der Waals surface area contributed by atoms with E-state index in [0.29, 0.717) is 18.0 Å². The van der Waals surface area contributed by atoms with E-state index < -0.39 is 11.9 Å². The Morgan fingerprint density at radius 3 is 2.58 bits per heavy atom. The van der Waals surface area contributed by atoms with E-state index in [0.717, 1.165) is 9.77 Å². The second-order valence-corrected chi connectivity index (χ2v) is 9.38. The van der Waals surface area contributed by atoms with Crippen LogP contribution in [0.4, 0.5) is 0 Å². The van der Waals surface area contributed by atoms with Crippen LogP contribution in [-0.2, 0) is 11.2 Å². The average Bonchev–Trinajstić information content (AvgIpc) is 3.32. The third-order valence-corrected chi connectivity index (χ3v) is 6.82. The first kappa shape index (κ1) is 24.6. The van der Waals surface area contributed by atoms with Crippen molar-refractivity contribution in [2.75, 3.05) is 13.7 Å². The lowest BCUT2D eigenvalue weighted by Crippen LogP contribution is -2.48. The van der Waals surface area contributed by atoms with Crippen LogP contribution >= 0.6 is 23.3 Å². The van der Waals surface area contributed by atoms with Gasteiger partial charge in [0.2, 0.25) is 0 Å². The standard InChI is InChI=1S/C23H27N5O3S2/c1-31-19-9-7-16(8-10-19)13-20(23(29)27-30)28(25)15-18(24)14-26-33-22-12-11-21(32-22)17-5-3-2-4-6-17/h2-12,15,20,26,30H,13-14,24-25H2,1H3,(H,27,29)/b18-15-/t20-/m0/s1.